The van der Waals surface area contributed by atoms with E-state index in [4.69, 9.17) is 0 Å². The Hall–Kier alpha value is -4.13. The Bertz CT molecular complexity index is 1120. The third-order valence-electron chi connectivity index (χ3n) is 4.75. The number of rotatable bonds is 3. The van der Waals surface area contributed by atoms with Crippen molar-refractivity contribution in [1.29, 1.82) is 0 Å². The van der Waals surface area contributed by atoms with Crippen molar-refractivity contribution in [2.45, 2.75) is 6.04 Å². The number of hydrogen-bond acceptors (Lipinski definition) is 6. The third kappa shape index (κ3) is 3.08. The number of hydrogen-bond donors (Lipinski definition) is 3. The molecule has 1 fully saturated rings. The van der Waals surface area contributed by atoms with Crippen LogP contribution in [-0.2, 0) is 9.59 Å². The Morgan fingerprint density at radius 3 is 2.21 bits per heavy atom. The van der Waals surface area contributed by atoms with Crippen molar-refractivity contribution in [2.24, 2.45) is 0 Å². The number of aromatic nitrogens is 1. The minimum Gasteiger partial charge on any atom is -0.508 e. The van der Waals surface area contributed by atoms with Gasteiger partial charge in [-0.15, -0.1) is 0 Å². The zero-order chi connectivity index (χ0) is 20.5. The van der Waals surface area contributed by atoms with Crippen LogP contribution in [0.3, 0.4) is 0 Å². The fourth-order valence-electron chi connectivity index (χ4n) is 3.39. The predicted molar refractivity (Wildman–Crippen MR) is 105 cm³/mol. The molecule has 2 heterocycles. The van der Waals surface area contributed by atoms with E-state index in [9.17, 15) is 24.9 Å². The number of phenolic OH excluding ortho intramolecular Hbond substituents is 2. The predicted octanol–water partition coefficient (Wildman–Crippen LogP) is 3.12. The summed E-state index contributed by atoms with van der Waals surface area (Å²) in [6, 6.07) is 14.2. The maximum atomic E-state index is 12.9. The lowest BCUT2D eigenvalue weighted by Gasteiger charge is -2.26. The second-order valence-electron chi connectivity index (χ2n) is 6.49. The van der Waals surface area contributed by atoms with E-state index < -0.39 is 17.7 Å². The molecular weight excluding hydrogens is 372 g/mol. The summed E-state index contributed by atoms with van der Waals surface area (Å²) in [5.74, 6) is -2.26. The number of carbonyl (C=O) groups is 2. The van der Waals surface area contributed by atoms with Crippen LogP contribution >= 0.6 is 0 Å². The zero-order valence-corrected chi connectivity index (χ0v) is 15.1. The highest BCUT2D eigenvalue weighted by Crippen LogP contribution is 2.44. The molecule has 0 spiro atoms. The molecule has 3 aromatic rings. The molecule has 7 nitrogen and oxygen atoms in total. The topological polar surface area (TPSA) is 111 Å². The summed E-state index contributed by atoms with van der Waals surface area (Å²) in [6.07, 6.45) is 2.92. The van der Waals surface area contributed by atoms with E-state index in [-0.39, 0.29) is 28.5 Å². The standard InChI is InChI=1S/C22H16N2O5/c25-15-7-5-13(6-8-15)19-18(20(27)14-9-11-23-12-10-14)21(28)22(29)24(19)16-3-1-2-4-17(16)26/h1-12,19,25-27H/b20-18+. The Morgan fingerprint density at radius 2 is 1.55 bits per heavy atom. The molecule has 1 aliphatic heterocycles. The van der Waals surface area contributed by atoms with Gasteiger partial charge in [-0.05, 0) is 42.0 Å². The first-order valence-electron chi connectivity index (χ1n) is 8.77. The van der Waals surface area contributed by atoms with Crippen molar-refractivity contribution in [1.82, 2.24) is 4.98 Å². The van der Waals surface area contributed by atoms with Crippen LogP contribution in [0.4, 0.5) is 5.69 Å². The monoisotopic (exact) mass is 388 g/mol. The Labute approximate surface area is 165 Å². The van der Waals surface area contributed by atoms with E-state index in [1.54, 1.807) is 24.3 Å². The molecule has 4 rings (SSSR count). The van der Waals surface area contributed by atoms with Gasteiger partial charge in [0.2, 0.25) is 0 Å². The number of benzene rings is 2. The first-order valence-corrected chi connectivity index (χ1v) is 8.77. The number of pyridine rings is 1. The number of carbonyl (C=O) groups excluding carboxylic acids is 2. The van der Waals surface area contributed by atoms with Crippen LogP contribution in [-0.4, -0.2) is 32.0 Å². The van der Waals surface area contributed by atoms with Crippen molar-refractivity contribution < 1.29 is 24.9 Å². The molecular formula is C22H16N2O5. The van der Waals surface area contributed by atoms with Gasteiger partial charge in [0.15, 0.2) is 0 Å². The van der Waals surface area contributed by atoms with Crippen LogP contribution in [0.25, 0.3) is 5.76 Å². The van der Waals surface area contributed by atoms with Crippen LogP contribution in [0.1, 0.15) is 17.2 Å². The van der Waals surface area contributed by atoms with Gasteiger partial charge in [0.05, 0.1) is 17.3 Å². The van der Waals surface area contributed by atoms with Gasteiger partial charge in [0.25, 0.3) is 11.7 Å². The Kier molecular flexibility index (Phi) is 4.48. The molecule has 1 saturated heterocycles. The van der Waals surface area contributed by atoms with Crippen LogP contribution < -0.4 is 4.90 Å². The van der Waals surface area contributed by atoms with Gasteiger partial charge in [0, 0.05) is 18.0 Å². The molecule has 3 N–H and O–H groups in total. The number of Topliss-reactive ketones (excluding diaryl/α,β-unsaturated/α-hetero) is 1. The number of aliphatic hydroxyl groups is 1. The number of anilines is 1. The summed E-state index contributed by atoms with van der Waals surface area (Å²) in [4.78, 5) is 30.9. The molecule has 1 unspecified atom stereocenters. The Balaban J connectivity index is 1.97. The summed E-state index contributed by atoms with van der Waals surface area (Å²) < 4.78 is 0. The highest BCUT2D eigenvalue weighted by Gasteiger charge is 2.47. The zero-order valence-electron chi connectivity index (χ0n) is 15.1. The summed E-state index contributed by atoms with van der Waals surface area (Å²) in [5, 5.41) is 30.8. The van der Waals surface area contributed by atoms with E-state index in [1.165, 1.54) is 48.8 Å². The molecule has 2 aromatic carbocycles. The van der Waals surface area contributed by atoms with E-state index in [0.717, 1.165) is 4.90 Å². The largest absolute Gasteiger partial charge is 0.508 e. The van der Waals surface area contributed by atoms with Gasteiger partial charge in [-0.1, -0.05) is 24.3 Å². The SMILES string of the molecule is O=C1C(=O)N(c2ccccc2O)C(c2ccc(O)cc2)/C1=C(\O)c1ccncc1. The number of nitrogens with zero attached hydrogens (tertiary/aromatic N) is 2. The maximum absolute atomic E-state index is 12.9. The third-order valence-corrected chi connectivity index (χ3v) is 4.75. The van der Waals surface area contributed by atoms with Crippen LogP contribution in [0.5, 0.6) is 11.5 Å². The molecule has 0 radical (unpaired) electrons. The van der Waals surface area contributed by atoms with Crippen LogP contribution in [0.2, 0.25) is 0 Å². The minimum absolute atomic E-state index is 0.0161. The molecule has 1 aromatic heterocycles. The van der Waals surface area contributed by atoms with Crippen molar-refractivity contribution in [3.05, 3.63) is 89.8 Å². The van der Waals surface area contributed by atoms with E-state index in [2.05, 4.69) is 4.98 Å². The van der Waals surface area contributed by atoms with E-state index in [1.807, 2.05) is 0 Å². The molecule has 29 heavy (non-hydrogen) atoms. The average Bonchev–Trinajstić information content (AvgIpc) is 3.00. The van der Waals surface area contributed by atoms with E-state index in [0.29, 0.717) is 11.1 Å². The van der Waals surface area contributed by atoms with Gasteiger partial charge in [0.1, 0.15) is 17.3 Å². The number of phenols is 2. The molecule has 1 aliphatic rings. The molecule has 1 amide bonds. The number of aliphatic hydroxyl groups excluding tert-OH is 1. The molecule has 144 valence electrons. The molecule has 0 saturated carbocycles. The maximum Gasteiger partial charge on any atom is 0.300 e. The van der Waals surface area contributed by atoms with Gasteiger partial charge in [-0.25, -0.2) is 0 Å². The molecule has 7 heteroatoms. The lowest BCUT2D eigenvalue weighted by Crippen LogP contribution is -2.29. The van der Waals surface area contributed by atoms with Gasteiger partial charge >= 0.3 is 0 Å². The second-order valence-corrected chi connectivity index (χ2v) is 6.49. The van der Waals surface area contributed by atoms with Gasteiger partial charge in [-0.3, -0.25) is 19.5 Å². The Morgan fingerprint density at radius 1 is 0.897 bits per heavy atom. The summed E-state index contributed by atoms with van der Waals surface area (Å²) >= 11 is 0. The number of amides is 1. The summed E-state index contributed by atoms with van der Waals surface area (Å²) in [7, 11) is 0. The molecule has 1 atom stereocenters. The lowest BCUT2D eigenvalue weighted by molar-refractivity contribution is -0.132. The quantitative estimate of drug-likeness (QED) is 0.361. The number of ketones is 1. The highest BCUT2D eigenvalue weighted by atomic mass is 16.3. The fourth-order valence-corrected chi connectivity index (χ4v) is 3.39. The average molecular weight is 388 g/mol. The van der Waals surface area contributed by atoms with Gasteiger partial charge in [-0.2, -0.15) is 0 Å². The van der Waals surface area contributed by atoms with Crippen molar-refractivity contribution in [3.8, 4) is 11.5 Å². The molecule has 0 bridgehead atoms. The fraction of sp³-hybridized carbons (Fsp3) is 0.0455. The number of para-hydroxylation sites is 2. The molecule has 0 aliphatic carbocycles. The minimum atomic E-state index is -0.989. The normalized spacial score (nSPS) is 18.2. The van der Waals surface area contributed by atoms with Crippen molar-refractivity contribution >= 4 is 23.1 Å². The van der Waals surface area contributed by atoms with Gasteiger partial charge < -0.3 is 15.3 Å². The van der Waals surface area contributed by atoms with Crippen molar-refractivity contribution in [3.63, 3.8) is 0 Å². The lowest BCUT2D eigenvalue weighted by atomic mass is 9.95. The first kappa shape index (κ1) is 18.2. The summed E-state index contributed by atoms with van der Waals surface area (Å²) in [6.45, 7) is 0. The van der Waals surface area contributed by atoms with Crippen LogP contribution in [0, 0.1) is 0 Å². The summed E-state index contributed by atoms with van der Waals surface area (Å²) in [5.41, 5.74) is 0.844. The van der Waals surface area contributed by atoms with E-state index >= 15 is 0 Å². The smallest absolute Gasteiger partial charge is 0.300 e. The second kappa shape index (κ2) is 7.12. The first-order chi connectivity index (χ1) is 14.0. The van der Waals surface area contributed by atoms with Crippen LogP contribution in [0.15, 0.2) is 78.6 Å². The number of aromatic hydroxyl groups is 2. The van der Waals surface area contributed by atoms with Crippen molar-refractivity contribution in [2.75, 3.05) is 4.90 Å². The highest BCUT2D eigenvalue weighted by molar-refractivity contribution is 6.51.